The lowest BCUT2D eigenvalue weighted by molar-refractivity contribution is 0.712. The highest BCUT2D eigenvalue weighted by molar-refractivity contribution is 5.00. The summed E-state index contributed by atoms with van der Waals surface area (Å²) in [6.45, 7) is 5.45. The Balaban J connectivity index is 0.000000283. The Hall–Kier alpha value is -1.66. The van der Waals surface area contributed by atoms with Crippen LogP contribution in [0, 0.1) is 0 Å². The Labute approximate surface area is 109 Å². The van der Waals surface area contributed by atoms with Crippen LogP contribution in [0.25, 0.3) is 0 Å². The maximum Gasteiger partial charge on any atom is 0.0532 e. The average Bonchev–Trinajstić information content (AvgIpc) is 3.04. The third-order valence-electron chi connectivity index (χ3n) is 2.07. The second kappa shape index (κ2) is 10.5. The summed E-state index contributed by atoms with van der Waals surface area (Å²) in [5.41, 5.74) is 7.58. The Morgan fingerprint density at radius 1 is 1.44 bits per heavy atom. The zero-order chi connectivity index (χ0) is 13.8. The van der Waals surface area contributed by atoms with E-state index in [1.807, 2.05) is 40.2 Å². The van der Waals surface area contributed by atoms with E-state index in [0.717, 1.165) is 12.2 Å². The number of nitrogens with one attached hydrogen (secondary N) is 2. The fourth-order valence-electron chi connectivity index (χ4n) is 1.18. The van der Waals surface area contributed by atoms with E-state index in [4.69, 9.17) is 5.73 Å². The summed E-state index contributed by atoms with van der Waals surface area (Å²) < 4.78 is 1.76. The van der Waals surface area contributed by atoms with Crippen LogP contribution in [0.15, 0.2) is 24.7 Å². The molecule has 2 heterocycles. The predicted molar refractivity (Wildman–Crippen MR) is 73.8 cm³/mol. The Morgan fingerprint density at radius 2 is 2.17 bits per heavy atom. The first-order chi connectivity index (χ1) is 8.77. The number of aromatic amines is 1. The van der Waals surface area contributed by atoms with Gasteiger partial charge >= 0.3 is 0 Å². The second-order valence-corrected chi connectivity index (χ2v) is 3.29. The molecule has 0 saturated carbocycles. The molecule has 6 nitrogen and oxygen atoms in total. The molecule has 4 N–H and O–H groups in total. The highest BCUT2D eigenvalue weighted by Crippen LogP contribution is 1.91. The van der Waals surface area contributed by atoms with Gasteiger partial charge in [-0.25, -0.2) is 0 Å². The van der Waals surface area contributed by atoms with Crippen molar-refractivity contribution in [2.24, 2.45) is 12.8 Å². The molecule has 0 bridgehead atoms. The molecule has 0 spiro atoms. The van der Waals surface area contributed by atoms with Crippen molar-refractivity contribution in [3.8, 4) is 0 Å². The van der Waals surface area contributed by atoms with E-state index in [0.29, 0.717) is 6.54 Å². The number of hydrogen-bond donors (Lipinski definition) is 3. The highest BCUT2D eigenvalue weighted by atomic mass is 15.3. The lowest BCUT2D eigenvalue weighted by Gasteiger charge is -1.92. The molecule has 0 saturated heterocycles. The molecule has 2 aromatic heterocycles. The normalized spacial score (nSPS) is 8.94. The second-order valence-electron chi connectivity index (χ2n) is 3.29. The van der Waals surface area contributed by atoms with Crippen LogP contribution in [-0.4, -0.2) is 27.0 Å². The van der Waals surface area contributed by atoms with E-state index in [1.54, 1.807) is 17.1 Å². The number of nitrogens with zero attached hydrogens (tertiary/aromatic N) is 3. The first-order valence-electron chi connectivity index (χ1n) is 6.07. The summed E-state index contributed by atoms with van der Waals surface area (Å²) in [5.74, 6) is 0. The van der Waals surface area contributed by atoms with Gasteiger partial charge in [-0.3, -0.25) is 9.78 Å². The summed E-state index contributed by atoms with van der Waals surface area (Å²) in [4.78, 5) is 0. The fourth-order valence-corrected chi connectivity index (χ4v) is 1.18. The van der Waals surface area contributed by atoms with Gasteiger partial charge in [-0.15, -0.1) is 0 Å². The summed E-state index contributed by atoms with van der Waals surface area (Å²) in [5, 5.41) is 13.4. The molecule has 0 aliphatic carbocycles. The van der Waals surface area contributed by atoms with E-state index >= 15 is 0 Å². The summed E-state index contributed by atoms with van der Waals surface area (Å²) >= 11 is 0. The van der Waals surface area contributed by atoms with Gasteiger partial charge in [-0.1, -0.05) is 13.8 Å². The van der Waals surface area contributed by atoms with Crippen LogP contribution >= 0.6 is 0 Å². The van der Waals surface area contributed by atoms with E-state index < -0.39 is 0 Å². The Morgan fingerprint density at radius 3 is 2.50 bits per heavy atom. The van der Waals surface area contributed by atoms with E-state index in [2.05, 4.69) is 20.6 Å². The van der Waals surface area contributed by atoms with E-state index in [1.165, 1.54) is 5.56 Å². The van der Waals surface area contributed by atoms with Crippen molar-refractivity contribution in [1.29, 1.82) is 0 Å². The minimum absolute atomic E-state index is 0.566. The molecule has 0 aliphatic rings. The minimum atomic E-state index is 0.566. The van der Waals surface area contributed by atoms with Gasteiger partial charge in [-0.2, -0.15) is 10.2 Å². The van der Waals surface area contributed by atoms with Gasteiger partial charge in [0.2, 0.25) is 0 Å². The van der Waals surface area contributed by atoms with Crippen molar-refractivity contribution in [3.05, 3.63) is 35.9 Å². The molecule has 18 heavy (non-hydrogen) atoms. The number of aromatic nitrogens is 4. The molecule has 2 aromatic rings. The van der Waals surface area contributed by atoms with Crippen molar-refractivity contribution < 1.29 is 0 Å². The number of H-pyrrole nitrogens is 1. The Kier molecular flexibility index (Phi) is 9.52. The summed E-state index contributed by atoms with van der Waals surface area (Å²) in [6.07, 6.45) is 5.41. The quantitative estimate of drug-likeness (QED) is 0.762. The highest BCUT2D eigenvalue weighted by Gasteiger charge is 1.90. The van der Waals surface area contributed by atoms with Gasteiger partial charge in [0.1, 0.15) is 0 Å². The van der Waals surface area contributed by atoms with E-state index in [-0.39, 0.29) is 0 Å². The molecular weight excluding hydrogens is 228 g/mol. The van der Waals surface area contributed by atoms with Gasteiger partial charge in [0.05, 0.1) is 11.9 Å². The standard InChI is InChI=1S/2C5H9N3.C2H6/c1-6-2-5-3-7-8-4-5;1-8-5(4-6)2-3-7-8;1-2/h3-4,6H,2H2,1H3,(H,7,8);2-3H,4,6H2,1H3;1-2H3. The van der Waals surface area contributed by atoms with Gasteiger partial charge in [0, 0.05) is 38.1 Å². The van der Waals surface area contributed by atoms with Crippen LogP contribution < -0.4 is 11.1 Å². The topological polar surface area (TPSA) is 84.5 Å². The maximum absolute atomic E-state index is 5.33. The molecule has 0 unspecified atom stereocenters. The third-order valence-corrected chi connectivity index (χ3v) is 2.07. The molecule has 0 aromatic carbocycles. The van der Waals surface area contributed by atoms with Crippen LogP contribution in [0.4, 0.5) is 0 Å². The summed E-state index contributed by atoms with van der Waals surface area (Å²) in [6, 6.07) is 1.90. The number of hydrogen-bond acceptors (Lipinski definition) is 4. The zero-order valence-corrected chi connectivity index (χ0v) is 11.6. The molecule has 0 fully saturated rings. The smallest absolute Gasteiger partial charge is 0.0532 e. The SMILES string of the molecule is CC.CNCc1cn[nH]c1.Cn1nccc1CN. The largest absolute Gasteiger partial charge is 0.325 e. The number of nitrogens with two attached hydrogens (primary N) is 1. The third kappa shape index (κ3) is 6.17. The molecule has 0 radical (unpaired) electrons. The number of aryl methyl sites for hydroxylation is 1. The Bertz CT molecular complexity index is 379. The number of rotatable bonds is 3. The van der Waals surface area contributed by atoms with Gasteiger partial charge in [-0.05, 0) is 13.1 Å². The van der Waals surface area contributed by atoms with Crippen molar-refractivity contribution in [3.63, 3.8) is 0 Å². The van der Waals surface area contributed by atoms with Gasteiger partial charge in [0.25, 0.3) is 0 Å². The van der Waals surface area contributed by atoms with Crippen LogP contribution in [0.1, 0.15) is 25.1 Å². The van der Waals surface area contributed by atoms with Gasteiger partial charge < -0.3 is 11.1 Å². The van der Waals surface area contributed by atoms with Crippen molar-refractivity contribution >= 4 is 0 Å². The van der Waals surface area contributed by atoms with Crippen molar-refractivity contribution in [2.75, 3.05) is 7.05 Å². The molecule has 0 amide bonds. The zero-order valence-electron chi connectivity index (χ0n) is 11.6. The molecule has 6 heteroatoms. The van der Waals surface area contributed by atoms with Crippen molar-refractivity contribution in [1.82, 2.24) is 25.3 Å². The monoisotopic (exact) mass is 252 g/mol. The minimum Gasteiger partial charge on any atom is -0.325 e. The molecule has 102 valence electrons. The van der Waals surface area contributed by atoms with Crippen LogP contribution in [0.2, 0.25) is 0 Å². The van der Waals surface area contributed by atoms with Crippen LogP contribution in [-0.2, 0) is 20.1 Å². The van der Waals surface area contributed by atoms with E-state index in [9.17, 15) is 0 Å². The first kappa shape index (κ1) is 16.3. The predicted octanol–water partition coefficient (Wildman–Crippen LogP) is 1.03. The molecular formula is C12H24N6. The van der Waals surface area contributed by atoms with Gasteiger partial charge in [0.15, 0.2) is 0 Å². The fraction of sp³-hybridized carbons (Fsp3) is 0.500. The van der Waals surface area contributed by atoms with Crippen LogP contribution in [0.5, 0.6) is 0 Å². The summed E-state index contributed by atoms with van der Waals surface area (Å²) in [7, 11) is 3.79. The molecule has 0 aliphatic heterocycles. The first-order valence-corrected chi connectivity index (χ1v) is 6.07. The lowest BCUT2D eigenvalue weighted by Crippen LogP contribution is -2.03. The maximum atomic E-state index is 5.33. The lowest BCUT2D eigenvalue weighted by atomic mass is 10.4. The molecule has 0 atom stereocenters. The average molecular weight is 252 g/mol. The van der Waals surface area contributed by atoms with Crippen LogP contribution in [0.3, 0.4) is 0 Å². The van der Waals surface area contributed by atoms with Crippen molar-refractivity contribution in [2.45, 2.75) is 26.9 Å². The molecule has 2 rings (SSSR count).